The van der Waals surface area contributed by atoms with E-state index in [-0.39, 0.29) is 5.82 Å². The van der Waals surface area contributed by atoms with Crippen LogP contribution in [0.4, 0.5) is 17.6 Å². The van der Waals surface area contributed by atoms with Crippen LogP contribution in [-0.4, -0.2) is 45.8 Å². The van der Waals surface area contributed by atoms with E-state index in [9.17, 15) is 22.4 Å². The minimum Gasteiger partial charge on any atom is -0.497 e. The van der Waals surface area contributed by atoms with Crippen molar-refractivity contribution in [2.24, 2.45) is 5.73 Å². The predicted octanol–water partition coefficient (Wildman–Crippen LogP) is 3.89. The van der Waals surface area contributed by atoms with Gasteiger partial charge >= 0.3 is 12.1 Å². The van der Waals surface area contributed by atoms with Crippen LogP contribution >= 0.6 is 0 Å². The third-order valence-corrected chi connectivity index (χ3v) is 5.05. The molecule has 0 unspecified atom stereocenters. The maximum absolute atomic E-state index is 14.0. The number of alkyl halides is 3. The SMILES string of the molecule is COc1ccc2c(c1)c(C(=O)NC(=N)N)c(C)n2-c1ccnc2ccc(F)cc12.O=C(O)C(F)(F)F. The fraction of sp³-hybridized carbons (Fsp3) is 0.130. The highest BCUT2D eigenvalue weighted by molar-refractivity contribution is 6.14. The number of ether oxygens (including phenoxy) is 1. The summed E-state index contributed by atoms with van der Waals surface area (Å²) in [6.45, 7) is 1.78. The molecule has 0 saturated carbocycles. The van der Waals surface area contributed by atoms with Crippen molar-refractivity contribution in [2.75, 3.05) is 7.11 Å². The quantitative estimate of drug-likeness (QED) is 0.189. The van der Waals surface area contributed by atoms with Gasteiger partial charge in [-0.25, -0.2) is 9.18 Å². The zero-order chi connectivity index (χ0) is 26.8. The van der Waals surface area contributed by atoms with Gasteiger partial charge in [-0.2, -0.15) is 13.2 Å². The Kier molecular flexibility index (Phi) is 7.13. The minimum absolute atomic E-state index is 0.357. The molecule has 4 aromatic rings. The van der Waals surface area contributed by atoms with Crippen molar-refractivity contribution in [3.05, 3.63) is 65.7 Å². The first-order valence-electron chi connectivity index (χ1n) is 10.0. The number of guanidine groups is 1. The summed E-state index contributed by atoms with van der Waals surface area (Å²) in [5.41, 5.74) is 8.38. The van der Waals surface area contributed by atoms with Crippen molar-refractivity contribution in [3.63, 3.8) is 0 Å². The van der Waals surface area contributed by atoms with E-state index in [0.29, 0.717) is 39.0 Å². The lowest BCUT2D eigenvalue weighted by Crippen LogP contribution is -2.36. The standard InChI is InChI=1S/C21H18FN5O2.C2HF3O2/c1-11-19(20(28)26-21(23)24)15-10-13(29-2)4-6-17(15)27(11)18-7-8-25-16-5-3-12(22)9-14(16)18;3-2(4,5)1(6)7/h3-10H,1-2H3,(H4,23,24,26,28);(H,6,7). The summed E-state index contributed by atoms with van der Waals surface area (Å²) >= 11 is 0. The summed E-state index contributed by atoms with van der Waals surface area (Å²) in [6.07, 6.45) is -3.44. The molecule has 0 radical (unpaired) electrons. The molecule has 1 amide bonds. The van der Waals surface area contributed by atoms with Gasteiger partial charge in [-0.1, -0.05) is 0 Å². The van der Waals surface area contributed by atoms with Crippen LogP contribution in [0.5, 0.6) is 5.75 Å². The third-order valence-electron chi connectivity index (χ3n) is 5.05. The monoisotopic (exact) mass is 505 g/mol. The largest absolute Gasteiger partial charge is 0.497 e. The van der Waals surface area contributed by atoms with Crippen LogP contribution in [0.25, 0.3) is 27.5 Å². The van der Waals surface area contributed by atoms with E-state index in [1.807, 2.05) is 10.6 Å². The number of hydrogen-bond donors (Lipinski definition) is 4. The van der Waals surface area contributed by atoms with Crippen molar-refractivity contribution in [1.82, 2.24) is 14.9 Å². The molecule has 13 heteroatoms. The Morgan fingerprint density at radius 1 is 1.14 bits per heavy atom. The van der Waals surface area contributed by atoms with E-state index in [1.54, 1.807) is 44.5 Å². The normalized spacial score (nSPS) is 11.1. The van der Waals surface area contributed by atoms with Gasteiger partial charge in [0.15, 0.2) is 5.96 Å². The van der Waals surface area contributed by atoms with Gasteiger partial charge in [-0.3, -0.25) is 20.5 Å². The number of pyridine rings is 1. The number of amides is 1. The number of carbonyl (C=O) groups excluding carboxylic acids is 1. The maximum atomic E-state index is 14.0. The average molecular weight is 505 g/mol. The van der Waals surface area contributed by atoms with Crippen LogP contribution in [0.15, 0.2) is 48.7 Å². The fourth-order valence-electron chi connectivity index (χ4n) is 3.61. The first-order valence-corrected chi connectivity index (χ1v) is 10.0. The average Bonchev–Trinajstić information content (AvgIpc) is 3.08. The molecule has 0 spiro atoms. The summed E-state index contributed by atoms with van der Waals surface area (Å²) < 4.78 is 52.9. The summed E-state index contributed by atoms with van der Waals surface area (Å²) in [5.74, 6) is -3.51. The number of carboxylic acids is 1. The highest BCUT2D eigenvalue weighted by Crippen LogP contribution is 2.34. The Hall–Kier alpha value is -4.68. The number of hydrogen-bond acceptors (Lipinski definition) is 5. The highest BCUT2D eigenvalue weighted by atomic mass is 19.4. The van der Waals surface area contributed by atoms with Crippen LogP contribution in [0, 0.1) is 18.2 Å². The molecule has 0 aliphatic rings. The number of rotatable bonds is 3. The topological polar surface area (TPSA) is 143 Å². The number of carbonyl (C=O) groups is 2. The summed E-state index contributed by atoms with van der Waals surface area (Å²) in [5, 5.41) is 18.1. The molecule has 0 saturated heterocycles. The second-order valence-corrected chi connectivity index (χ2v) is 7.34. The molecule has 36 heavy (non-hydrogen) atoms. The summed E-state index contributed by atoms with van der Waals surface area (Å²) in [7, 11) is 1.54. The van der Waals surface area contributed by atoms with Gasteiger partial charge in [-0.15, -0.1) is 0 Å². The van der Waals surface area contributed by atoms with Gasteiger partial charge in [0.05, 0.1) is 29.4 Å². The Morgan fingerprint density at radius 3 is 2.39 bits per heavy atom. The Morgan fingerprint density at radius 2 is 1.81 bits per heavy atom. The minimum atomic E-state index is -5.08. The number of fused-ring (bicyclic) bond motifs is 2. The zero-order valence-corrected chi connectivity index (χ0v) is 18.8. The van der Waals surface area contributed by atoms with Crippen LogP contribution in [0.1, 0.15) is 16.1 Å². The van der Waals surface area contributed by atoms with E-state index in [2.05, 4.69) is 10.3 Å². The molecule has 2 aromatic heterocycles. The Bertz CT molecular complexity index is 1500. The number of methoxy groups -OCH3 is 1. The van der Waals surface area contributed by atoms with Crippen molar-refractivity contribution in [2.45, 2.75) is 13.1 Å². The van der Waals surface area contributed by atoms with Crippen LogP contribution < -0.4 is 15.8 Å². The number of halogens is 4. The predicted molar refractivity (Wildman–Crippen MR) is 123 cm³/mol. The lowest BCUT2D eigenvalue weighted by Gasteiger charge is -2.12. The Balaban J connectivity index is 0.000000454. The molecule has 0 bridgehead atoms. The number of aliphatic carboxylic acids is 1. The molecule has 2 heterocycles. The molecule has 188 valence electrons. The van der Waals surface area contributed by atoms with E-state index >= 15 is 0 Å². The van der Waals surface area contributed by atoms with Crippen molar-refractivity contribution in [3.8, 4) is 11.4 Å². The first-order chi connectivity index (χ1) is 16.8. The van der Waals surface area contributed by atoms with Crippen molar-refractivity contribution < 1.29 is 37.0 Å². The van der Waals surface area contributed by atoms with Gasteiger partial charge in [-0.05, 0) is 49.4 Å². The van der Waals surface area contributed by atoms with Gasteiger partial charge in [0.2, 0.25) is 0 Å². The Labute approximate surface area is 200 Å². The smallest absolute Gasteiger partial charge is 0.490 e. The maximum Gasteiger partial charge on any atom is 0.490 e. The molecule has 2 aromatic carbocycles. The van der Waals surface area contributed by atoms with Gasteiger partial charge in [0, 0.05) is 22.7 Å². The molecular formula is C23H19F4N5O4. The number of benzene rings is 2. The number of aromatic nitrogens is 2. The lowest BCUT2D eigenvalue weighted by molar-refractivity contribution is -0.192. The number of nitrogens with one attached hydrogen (secondary N) is 2. The second-order valence-electron chi connectivity index (χ2n) is 7.34. The number of nitrogens with zero attached hydrogens (tertiary/aromatic N) is 2. The zero-order valence-electron chi connectivity index (χ0n) is 18.8. The summed E-state index contributed by atoms with van der Waals surface area (Å²) in [6, 6.07) is 11.5. The lowest BCUT2D eigenvalue weighted by atomic mass is 10.1. The highest BCUT2D eigenvalue weighted by Gasteiger charge is 2.38. The van der Waals surface area contributed by atoms with Gasteiger partial charge < -0.3 is 20.1 Å². The third kappa shape index (κ3) is 5.19. The van der Waals surface area contributed by atoms with Crippen LogP contribution in [-0.2, 0) is 4.79 Å². The molecule has 0 aliphatic carbocycles. The van der Waals surface area contributed by atoms with E-state index in [1.165, 1.54) is 12.1 Å². The van der Waals surface area contributed by atoms with Gasteiger partial charge in [0.25, 0.3) is 5.91 Å². The van der Waals surface area contributed by atoms with Crippen molar-refractivity contribution in [1.29, 1.82) is 5.41 Å². The van der Waals surface area contributed by atoms with Crippen molar-refractivity contribution >= 4 is 39.6 Å². The molecular weight excluding hydrogens is 486 g/mol. The van der Waals surface area contributed by atoms with Crippen LogP contribution in [0.3, 0.4) is 0 Å². The molecule has 0 atom stereocenters. The molecule has 9 nitrogen and oxygen atoms in total. The molecule has 4 rings (SSSR count). The second kappa shape index (κ2) is 9.90. The molecule has 0 aliphatic heterocycles. The fourth-order valence-corrected chi connectivity index (χ4v) is 3.61. The van der Waals surface area contributed by atoms with E-state index in [4.69, 9.17) is 25.8 Å². The summed E-state index contributed by atoms with van der Waals surface area (Å²) in [4.78, 5) is 26.0. The number of nitrogens with two attached hydrogens (primary N) is 1. The molecule has 5 N–H and O–H groups in total. The van der Waals surface area contributed by atoms with Crippen LogP contribution in [0.2, 0.25) is 0 Å². The first kappa shape index (κ1) is 25.9. The van der Waals surface area contributed by atoms with E-state index < -0.39 is 24.0 Å². The van der Waals surface area contributed by atoms with Gasteiger partial charge in [0.1, 0.15) is 11.6 Å². The number of carboxylic acid groups (broad SMARTS) is 1. The molecule has 0 fully saturated rings. The van der Waals surface area contributed by atoms with E-state index in [0.717, 1.165) is 5.52 Å².